The van der Waals surface area contributed by atoms with Gasteiger partial charge in [-0.05, 0) is 45.9 Å². The van der Waals surface area contributed by atoms with Crippen molar-refractivity contribution in [1.29, 1.82) is 0 Å². The Morgan fingerprint density at radius 2 is 1.83 bits per heavy atom. The molecular formula is C13H17BFNO2. The monoisotopic (exact) mass is 249 g/mol. The predicted molar refractivity (Wildman–Crippen MR) is 69.4 cm³/mol. The van der Waals surface area contributed by atoms with Gasteiger partial charge in [0.05, 0.1) is 16.9 Å². The normalized spacial score (nSPS) is 22.3. The van der Waals surface area contributed by atoms with Gasteiger partial charge in [0, 0.05) is 6.20 Å². The largest absolute Gasteiger partial charge is 0.525 e. The topological polar surface area (TPSA) is 31.4 Å². The van der Waals surface area contributed by atoms with E-state index in [1.54, 1.807) is 24.4 Å². The molecule has 0 N–H and O–H groups in total. The van der Waals surface area contributed by atoms with Crippen LogP contribution in [0, 0.1) is 0 Å². The maximum atomic E-state index is 14.1. The SMILES string of the molecule is CC1(C)OB(C(F)=Cc2ccccn2)OC1(C)C. The fraction of sp³-hybridized carbons (Fsp3) is 0.462. The molecule has 0 amide bonds. The average Bonchev–Trinajstić information content (AvgIpc) is 2.50. The lowest BCUT2D eigenvalue weighted by atomic mass is 9.87. The summed E-state index contributed by atoms with van der Waals surface area (Å²) in [5.74, 6) is 0. The number of nitrogens with zero attached hydrogens (tertiary/aromatic N) is 1. The van der Waals surface area contributed by atoms with Crippen LogP contribution in [-0.2, 0) is 9.31 Å². The van der Waals surface area contributed by atoms with Gasteiger partial charge in [0.25, 0.3) is 0 Å². The van der Waals surface area contributed by atoms with E-state index in [4.69, 9.17) is 9.31 Å². The molecule has 1 aliphatic heterocycles. The Hall–Kier alpha value is -1.20. The highest BCUT2D eigenvalue weighted by Gasteiger charge is 2.53. The van der Waals surface area contributed by atoms with Gasteiger partial charge in [-0.2, -0.15) is 0 Å². The summed E-state index contributed by atoms with van der Waals surface area (Å²) in [5, 5.41) is 0. The molecule has 2 heterocycles. The van der Waals surface area contributed by atoms with E-state index in [0.29, 0.717) is 5.69 Å². The van der Waals surface area contributed by atoms with Crippen LogP contribution >= 0.6 is 0 Å². The van der Waals surface area contributed by atoms with Crippen molar-refractivity contribution in [3.05, 3.63) is 35.8 Å². The van der Waals surface area contributed by atoms with Crippen molar-refractivity contribution in [1.82, 2.24) is 4.98 Å². The highest BCUT2D eigenvalue weighted by Crippen LogP contribution is 2.38. The van der Waals surface area contributed by atoms with Gasteiger partial charge in [-0.15, -0.1) is 0 Å². The molecule has 18 heavy (non-hydrogen) atoms. The average molecular weight is 249 g/mol. The van der Waals surface area contributed by atoms with E-state index in [1.807, 2.05) is 27.7 Å². The molecule has 1 aliphatic rings. The lowest BCUT2D eigenvalue weighted by Gasteiger charge is -2.32. The van der Waals surface area contributed by atoms with Crippen molar-refractivity contribution in [2.75, 3.05) is 0 Å². The molecule has 0 bridgehead atoms. The van der Waals surface area contributed by atoms with Gasteiger partial charge in [0.1, 0.15) is 5.73 Å². The molecule has 5 heteroatoms. The third-order valence-corrected chi connectivity index (χ3v) is 3.45. The van der Waals surface area contributed by atoms with Gasteiger partial charge in [0.15, 0.2) is 0 Å². The lowest BCUT2D eigenvalue weighted by Crippen LogP contribution is -2.41. The molecule has 0 radical (unpaired) electrons. The van der Waals surface area contributed by atoms with Crippen molar-refractivity contribution >= 4 is 13.2 Å². The zero-order valence-electron chi connectivity index (χ0n) is 11.1. The van der Waals surface area contributed by atoms with Crippen molar-refractivity contribution in [2.24, 2.45) is 0 Å². The number of aromatic nitrogens is 1. The van der Waals surface area contributed by atoms with E-state index in [2.05, 4.69) is 4.98 Å². The summed E-state index contributed by atoms with van der Waals surface area (Å²) in [5.41, 5.74) is -0.989. The van der Waals surface area contributed by atoms with Crippen LogP contribution in [-0.4, -0.2) is 23.3 Å². The summed E-state index contributed by atoms with van der Waals surface area (Å²) < 4.78 is 25.3. The second kappa shape index (κ2) is 4.48. The van der Waals surface area contributed by atoms with E-state index in [-0.39, 0.29) is 0 Å². The zero-order valence-corrected chi connectivity index (χ0v) is 11.1. The van der Waals surface area contributed by atoms with E-state index < -0.39 is 24.0 Å². The molecule has 1 saturated heterocycles. The maximum Gasteiger partial charge on any atom is 0.525 e. The summed E-state index contributed by atoms with van der Waals surface area (Å²) >= 11 is 0. The third-order valence-electron chi connectivity index (χ3n) is 3.45. The number of rotatable bonds is 2. The number of hydrogen-bond acceptors (Lipinski definition) is 3. The second-order valence-electron chi connectivity index (χ2n) is 5.37. The zero-order chi connectivity index (χ0) is 13.4. The van der Waals surface area contributed by atoms with Crippen LogP contribution in [0.25, 0.3) is 6.08 Å². The minimum Gasteiger partial charge on any atom is -0.398 e. The van der Waals surface area contributed by atoms with Gasteiger partial charge in [0.2, 0.25) is 0 Å². The molecule has 1 aromatic rings. The Kier molecular flexibility index (Phi) is 3.30. The highest BCUT2D eigenvalue weighted by molar-refractivity contribution is 6.54. The summed E-state index contributed by atoms with van der Waals surface area (Å²) in [4.78, 5) is 4.04. The molecule has 96 valence electrons. The van der Waals surface area contributed by atoms with Crippen molar-refractivity contribution in [2.45, 2.75) is 38.9 Å². The van der Waals surface area contributed by atoms with Gasteiger partial charge in [-0.1, -0.05) is 6.07 Å². The summed E-state index contributed by atoms with van der Waals surface area (Å²) in [6.45, 7) is 7.56. The Balaban J connectivity index is 2.18. The lowest BCUT2D eigenvalue weighted by molar-refractivity contribution is 0.00578. The Morgan fingerprint density at radius 3 is 2.33 bits per heavy atom. The van der Waals surface area contributed by atoms with Crippen LogP contribution in [0.5, 0.6) is 0 Å². The first kappa shape index (κ1) is 13.2. The number of hydrogen-bond donors (Lipinski definition) is 0. The molecule has 1 fully saturated rings. The fourth-order valence-electron chi connectivity index (χ4n) is 1.63. The molecule has 1 aromatic heterocycles. The van der Waals surface area contributed by atoms with E-state index in [9.17, 15) is 4.39 Å². The highest BCUT2D eigenvalue weighted by atomic mass is 19.1. The smallest absolute Gasteiger partial charge is 0.398 e. The Bertz CT molecular complexity index is 443. The molecule has 2 rings (SSSR count). The minimum atomic E-state index is -0.961. The van der Waals surface area contributed by atoms with Crippen LogP contribution in [0.4, 0.5) is 4.39 Å². The molecule has 0 atom stereocenters. The first-order valence-electron chi connectivity index (χ1n) is 5.96. The van der Waals surface area contributed by atoms with Crippen molar-refractivity contribution in [3.8, 4) is 0 Å². The standard InChI is InChI=1S/C13H17BFNO2/c1-12(2)13(3,4)18-14(17-12)11(15)9-10-7-5-6-8-16-10/h5-9H,1-4H3. The van der Waals surface area contributed by atoms with E-state index >= 15 is 0 Å². The van der Waals surface area contributed by atoms with Crippen LogP contribution in [0.3, 0.4) is 0 Å². The molecule has 0 saturated carbocycles. The molecule has 0 spiro atoms. The quantitative estimate of drug-likeness (QED) is 0.755. The Labute approximate surface area is 107 Å². The van der Waals surface area contributed by atoms with Crippen LogP contribution in [0.2, 0.25) is 0 Å². The minimum absolute atomic E-state index is 0.465. The third kappa shape index (κ3) is 2.47. The molecule has 0 aliphatic carbocycles. The van der Waals surface area contributed by atoms with Crippen LogP contribution in [0.1, 0.15) is 33.4 Å². The number of halogens is 1. The second-order valence-corrected chi connectivity index (χ2v) is 5.37. The van der Waals surface area contributed by atoms with Gasteiger partial charge in [-0.25, -0.2) is 4.39 Å². The van der Waals surface area contributed by atoms with Crippen LogP contribution in [0.15, 0.2) is 30.1 Å². The summed E-state index contributed by atoms with van der Waals surface area (Å²) in [6, 6.07) is 5.31. The first-order valence-corrected chi connectivity index (χ1v) is 5.96. The van der Waals surface area contributed by atoms with Crippen molar-refractivity contribution < 1.29 is 13.7 Å². The van der Waals surface area contributed by atoms with Crippen molar-refractivity contribution in [3.63, 3.8) is 0 Å². The molecule has 0 unspecified atom stereocenters. The Morgan fingerprint density at radius 1 is 1.22 bits per heavy atom. The van der Waals surface area contributed by atoms with Gasteiger partial charge >= 0.3 is 7.12 Å². The van der Waals surface area contributed by atoms with Crippen LogP contribution < -0.4 is 0 Å². The first-order chi connectivity index (χ1) is 8.32. The fourth-order valence-corrected chi connectivity index (χ4v) is 1.63. The molecular weight excluding hydrogens is 232 g/mol. The van der Waals surface area contributed by atoms with Gasteiger partial charge < -0.3 is 9.31 Å². The van der Waals surface area contributed by atoms with Gasteiger partial charge in [-0.3, -0.25) is 4.98 Å². The molecule has 0 aromatic carbocycles. The predicted octanol–water partition coefficient (Wildman–Crippen LogP) is 3.02. The molecule has 3 nitrogen and oxygen atoms in total. The van der Waals surface area contributed by atoms with E-state index in [1.165, 1.54) is 6.08 Å². The summed E-state index contributed by atoms with van der Waals surface area (Å²) in [6.07, 6.45) is 2.95. The van der Waals surface area contributed by atoms with E-state index in [0.717, 1.165) is 0 Å². The number of pyridine rings is 1. The maximum absolute atomic E-state index is 14.1. The summed E-state index contributed by atoms with van der Waals surface area (Å²) in [7, 11) is -0.961.